The fourth-order valence-electron chi connectivity index (χ4n) is 15.8. The molecule has 0 radical (unpaired) electrons. The van der Waals surface area contributed by atoms with Gasteiger partial charge in [-0.15, -0.1) is 0 Å². The maximum absolute atomic E-state index is 11.6. The zero-order chi connectivity index (χ0) is 88.4. The molecule has 0 aromatic heterocycles. The van der Waals surface area contributed by atoms with E-state index in [-0.39, 0.29) is 6.29 Å². The molecule has 10 aliphatic rings. The number of aliphatic hydroxyl groups excluding tert-OH is 33. The SMILES string of the molecule is CC1OC(OC2C(CO)OC(OC3C(CO)OC(NC4C(C)OC(OC5C(CO)OC(OC6C(CO)OC(OC7C(CO)OC(OC(C(O)CO)C(O)C(O)C=O)C(O)C7O)C(O)C6O)C(O)C5O)C(O)C4O)C(O)C3O)C(O)C2O)C(O)C(O)C1NC1OC(CO)C(OC2OC(CO)C(OC3OC(CO)C(O)C(O)C3O)C(O)C2O)C(O)C1O. The van der Waals surface area contributed by atoms with Crippen molar-refractivity contribution in [2.45, 2.75) is 345 Å². The van der Waals surface area contributed by atoms with Crippen molar-refractivity contribution in [3.8, 4) is 0 Å². The number of rotatable bonds is 33. The zero-order valence-corrected chi connectivity index (χ0v) is 63.6. The Hall–Kier alpha value is -2.45. The second-order valence-corrected chi connectivity index (χ2v) is 30.7. The number of carbonyl (C=O) groups is 1. The number of carbonyl (C=O) groups excluding carboxylic acids is 1. The van der Waals surface area contributed by atoms with E-state index < -0.39 is 391 Å². The van der Waals surface area contributed by atoms with Crippen LogP contribution in [0.15, 0.2) is 0 Å². The van der Waals surface area contributed by atoms with Gasteiger partial charge in [-0.1, -0.05) is 0 Å². The van der Waals surface area contributed by atoms with Crippen molar-refractivity contribution >= 4 is 6.29 Å². The minimum atomic E-state index is -2.26. The van der Waals surface area contributed by atoms with Gasteiger partial charge in [0.25, 0.3) is 0 Å². The van der Waals surface area contributed by atoms with E-state index in [1.54, 1.807) is 0 Å². The lowest BCUT2D eigenvalue weighted by Gasteiger charge is -2.50. The van der Waals surface area contributed by atoms with Crippen LogP contribution in [0.25, 0.3) is 0 Å². The second kappa shape index (κ2) is 43.3. The number of hydrogen-bond donors (Lipinski definition) is 35. The van der Waals surface area contributed by atoms with Gasteiger partial charge in [0.05, 0.1) is 83.8 Å². The fraction of sp³-hybridized carbons (Fsp3) is 0.985. The number of aldehydes is 1. The van der Waals surface area contributed by atoms with E-state index >= 15 is 0 Å². The molecule has 10 fully saturated rings. The van der Waals surface area contributed by atoms with Gasteiger partial charge >= 0.3 is 0 Å². The highest BCUT2D eigenvalue weighted by Crippen LogP contribution is 2.40. The molecule has 10 heterocycles. The molecule has 54 heteroatoms. The summed E-state index contributed by atoms with van der Waals surface area (Å²) in [7, 11) is 0. The summed E-state index contributed by atoms with van der Waals surface area (Å²) in [5, 5.41) is 363. The molecule has 10 rings (SSSR count). The minimum absolute atomic E-state index is 0.143. The summed E-state index contributed by atoms with van der Waals surface area (Å²) < 4.78 is 102. The van der Waals surface area contributed by atoms with Crippen LogP contribution in [-0.2, 0) is 90.1 Å². The van der Waals surface area contributed by atoms with Gasteiger partial charge in [0, 0.05) is 0 Å². The van der Waals surface area contributed by atoms with Crippen LogP contribution in [0.5, 0.6) is 0 Å². The van der Waals surface area contributed by atoms with Gasteiger partial charge in [-0.25, -0.2) is 0 Å². The average Bonchev–Trinajstić information content (AvgIpc) is 0.774. The standard InChI is InChI=1S/C66H114N2O52/c1-13-25(68-58-40(94)33(87)51(19(7-73)106-58)117-64-47(101)37(91)54(23(11-77)111-64)118-61-43(97)31(85)28(82)17(5-71)107-61)29(83)41(95)59(103-13)114-52-20(8-74)109-63(45(99)35(52)89)116-50-18(6-72)105-57(39(93)32(50)86)67-26-14(2)104-60(42(96)30(26)84)115-53-21(9-75)110-65(46(100)36(53)90)120-56-24(12-78)112-66(48(102)38(56)92)119-55-22(10-76)108-62(44(98)34(55)88)113-49(16(80)4-70)27(81)15(79)3-69/h3,13-68,70-102H,4-12H2,1-2H3. The first kappa shape index (κ1) is 99.7. The normalized spacial score (nSPS) is 51.7. The number of nitrogens with one attached hydrogen (secondary N) is 2. The molecule has 700 valence electrons. The molecular weight excluding hydrogens is 1650 g/mol. The van der Waals surface area contributed by atoms with E-state index in [2.05, 4.69) is 10.6 Å². The molecule has 0 aromatic rings. The van der Waals surface area contributed by atoms with E-state index in [0.717, 1.165) is 0 Å². The monoisotopic (exact) mass is 1770 g/mol. The third kappa shape index (κ3) is 20.9. The molecule has 0 aliphatic carbocycles. The number of ether oxygens (including phenoxy) is 18. The average molecular weight is 1770 g/mol. The van der Waals surface area contributed by atoms with Gasteiger partial charge in [0.1, 0.15) is 257 Å². The molecule has 35 N–H and O–H groups in total. The van der Waals surface area contributed by atoms with Crippen LogP contribution in [-0.4, -0.2) is 565 Å². The lowest BCUT2D eigenvalue weighted by molar-refractivity contribution is -0.389. The molecule has 0 amide bonds. The maximum atomic E-state index is 11.6. The quantitative estimate of drug-likeness (QED) is 0.0271. The summed E-state index contributed by atoms with van der Waals surface area (Å²) in [5.74, 6) is 0. The van der Waals surface area contributed by atoms with Crippen molar-refractivity contribution in [2.75, 3.05) is 59.5 Å². The van der Waals surface area contributed by atoms with Crippen molar-refractivity contribution in [1.82, 2.24) is 10.6 Å². The predicted molar refractivity (Wildman–Crippen MR) is 365 cm³/mol. The number of aliphatic hydroxyl groups is 33. The molecule has 54 nitrogen and oxygen atoms in total. The summed E-state index contributed by atoms with van der Waals surface area (Å²) in [6.07, 6.45) is -102. The van der Waals surface area contributed by atoms with E-state index in [1.165, 1.54) is 13.8 Å². The van der Waals surface area contributed by atoms with Crippen LogP contribution < -0.4 is 10.6 Å². The maximum Gasteiger partial charge on any atom is 0.187 e. The first-order valence-electron chi connectivity index (χ1n) is 38.4. The largest absolute Gasteiger partial charge is 0.394 e. The molecule has 120 heavy (non-hydrogen) atoms. The van der Waals surface area contributed by atoms with Gasteiger partial charge in [0.15, 0.2) is 56.6 Å². The Morgan fingerprint density at radius 2 is 0.500 bits per heavy atom. The van der Waals surface area contributed by atoms with Gasteiger partial charge < -0.3 is 259 Å². The second-order valence-electron chi connectivity index (χ2n) is 30.7. The van der Waals surface area contributed by atoms with Crippen LogP contribution in [0.1, 0.15) is 13.8 Å². The molecule has 10 aliphatic heterocycles. The third-order valence-electron chi connectivity index (χ3n) is 22.8. The molecule has 54 unspecified atom stereocenters. The Labute approximate surface area is 678 Å². The molecule has 0 saturated carbocycles. The molecule has 0 aromatic carbocycles. The Kier molecular flexibility index (Phi) is 36.0. The van der Waals surface area contributed by atoms with Crippen LogP contribution in [0.3, 0.4) is 0 Å². The third-order valence-corrected chi connectivity index (χ3v) is 22.8. The summed E-state index contributed by atoms with van der Waals surface area (Å²) >= 11 is 0. The van der Waals surface area contributed by atoms with E-state index in [0.29, 0.717) is 0 Å². The molecule has 0 bridgehead atoms. The fourth-order valence-corrected chi connectivity index (χ4v) is 15.8. The lowest BCUT2D eigenvalue weighted by atomic mass is 9.93. The summed E-state index contributed by atoms with van der Waals surface area (Å²) in [6.45, 7) is -6.77. The van der Waals surface area contributed by atoms with Crippen LogP contribution in [0, 0.1) is 0 Å². The van der Waals surface area contributed by atoms with Crippen molar-refractivity contribution in [2.24, 2.45) is 0 Å². The van der Waals surface area contributed by atoms with Crippen molar-refractivity contribution in [3.05, 3.63) is 0 Å². The highest BCUT2D eigenvalue weighted by atomic mass is 16.8. The van der Waals surface area contributed by atoms with Crippen molar-refractivity contribution in [1.29, 1.82) is 0 Å². The molecule has 10 saturated heterocycles. The molecular formula is C66H114N2O52. The topological polar surface area (TPSA) is 875 Å². The molecule has 0 spiro atoms. The Bertz CT molecular complexity index is 3060. The first-order chi connectivity index (χ1) is 56.8. The number of hydrogen-bond acceptors (Lipinski definition) is 54. The summed E-state index contributed by atoms with van der Waals surface area (Å²) in [4.78, 5) is 11.1. The Morgan fingerprint density at radius 1 is 0.275 bits per heavy atom. The molecule has 54 atom stereocenters. The van der Waals surface area contributed by atoms with Gasteiger partial charge in [-0.2, -0.15) is 0 Å². The van der Waals surface area contributed by atoms with E-state index in [4.69, 9.17) is 85.3 Å². The smallest absolute Gasteiger partial charge is 0.187 e. The van der Waals surface area contributed by atoms with Crippen molar-refractivity contribution < 1.29 is 259 Å². The zero-order valence-electron chi connectivity index (χ0n) is 63.6. The van der Waals surface area contributed by atoms with E-state index in [1.807, 2.05) is 0 Å². The van der Waals surface area contributed by atoms with Gasteiger partial charge in [0.2, 0.25) is 0 Å². The van der Waals surface area contributed by atoms with Gasteiger partial charge in [-0.3, -0.25) is 10.6 Å². The summed E-state index contributed by atoms with van der Waals surface area (Å²) in [6, 6.07) is -3.00. The van der Waals surface area contributed by atoms with Crippen LogP contribution in [0.4, 0.5) is 0 Å². The Morgan fingerprint density at radius 3 is 0.767 bits per heavy atom. The lowest BCUT2D eigenvalue weighted by Crippen LogP contribution is -2.71. The van der Waals surface area contributed by atoms with E-state index in [9.17, 15) is 173 Å². The van der Waals surface area contributed by atoms with Crippen LogP contribution in [0.2, 0.25) is 0 Å². The minimum Gasteiger partial charge on any atom is -0.394 e. The predicted octanol–water partition coefficient (Wildman–Crippen LogP) is -23.9. The Balaban J connectivity index is 0.687. The van der Waals surface area contributed by atoms with Gasteiger partial charge in [-0.05, 0) is 13.8 Å². The van der Waals surface area contributed by atoms with Crippen LogP contribution >= 0.6 is 0 Å². The highest BCUT2D eigenvalue weighted by molar-refractivity contribution is 5.56. The first-order valence-corrected chi connectivity index (χ1v) is 38.4. The summed E-state index contributed by atoms with van der Waals surface area (Å²) in [5.41, 5.74) is 0. The highest BCUT2D eigenvalue weighted by Gasteiger charge is 2.61. The van der Waals surface area contributed by atoms with Crippen molar-refractivity contribution in [3.63, 3.8) is 0 Å².